The van der Waals surface area contributed by atoms with Crippen molar-refractivity contribution in [2.45, 2.75) is 25.7 Å². The number of hydrogen-bond donors (Lipinski definition) is 2. The van der Waals surface area contributed by atoms with Gasteiger partial charge < -0.3 is 9.47 Å². The molecule has 20 heavy (non-hydrogen) atoms. The van der Waals surface area contributed by atoms with Crippen molar-refractivity contribution in [3.63, 3.8) is 0 Å². The summed E-state index contributed by atoms with van der Waals surface area (Å²) in [6.45, 7) is 1.02. The van der Waals surface area contributed by atoms with Crippen LogP contribution in [0.4, 0.5) is 0 Å². The number of ether oxygens (including phenoxy) is 2. The van der Waals surface area contributed by atoms with Crippen molar-refractivity contribution in [2.75, 3.05) is 20.8 Å². The number of methoxy groups -OCH3 is 2. The molecule has 0 atom stereocenters. The third-order valence-electron chi connectivity index (χ3n) is 3.26. The molecule has 0 spiro atoms. The summed E-state index contributed by atoms with van der Waals surface area (Å²) in [4.78, 5) is 3.36. The van der Waals surface area contributed by atoms with Crippen LogP contribution in [0.2, 0.25) is 0 Å². The molecule has 0 amide bonds. The highest BCUT2D eigenvalue weighted by atomic mass is 16.5. The van der Waals surface area contributed by atoms with Gasteiger partial charge in [0.1, 0.15) is 0 Å². The van der Waals surface area contributed by atoms with Crippen molar-refractivity contribution in [1.82, 2.24) is 5.43 Å². The normalized spacial score (nSPS) is 15.6. The zero-order valence-electron chi connectivity index (χ0n) is 12.1. The van der Waals surface area contributed by atoms with E-state index in [-0.39, 0.29) is 0 Å². The smallest absolute Gasteiger partial charge is 0.267 e. The average Bonchev–Trinajstić information content (AvgIpc) is 2.76. The Morgan fingerprint density at radius 3 is 2.80 bits per heavy atom. The van der Waals surface area contributed by atoms with Crippen LogP contribution in [-0.2, 0) is 0 Å². The molecule has 1 aromatic carbocycles. The second-order valence-corrected chi connectivity index (χ2v) is 4.70. The van der Waals surface area contributed by atoms with Crippen LogP contribution in [0.5, 0.6) is 11.5 Å². The molecule has 1 aliphatic heterocycles. The molecule has 5 heteroatoms. The Morgan fingerprint density at radius 1 is 1.15 bits per heavy atom. The Hall–Kier alpha value is -2.04. The summed E-state index contributed by atoms with van der Waals surface area (Å²) in [6, 6.07) is 5.71. The minimum atomic E-state index is 0.705. The maximum atomic E-state index is 5.27. The summed E-state index contributed by atoms with van der Waals surface area (Å²) in [5.74, 6) is 2.52. The minimum Gasteiger partial charge on any atom is -0.493 e. The maximum absolute atomic E-state index is 5.27. The molecule has 2 N–H and O–H groups in total. The molecular formula is C15H22N3O2+. The van der Waals surface area contributed by atoms with Crippen LogP contribution in [0.15, 0.2) is 23.3 Å². The van der Waals surface area contributed by atoms with Gasteiger partial charge >= 0.3 is 0 Å². The summed E-state index contributed by atoms with van der Waals surface area (Å²) in [5, 5.41) is 4.27. The molecule has 0 aliphatic carbocycles. The van der Waals surface area contributed by atoms with E-state index >= 15 is 0 Å². The molecule has 1 aromatic rings. The van der Waals surface area contributed by atoms with Crippen molar-refractivity contribution in [3.05, 3.63) is 23.8 Å². The largest absolute Gasteiger partial charge is 0.493 e. The van der Waals surface area contributed by atoms with Gasteiger partial charge in [0.25, 0.3) is 5.84 Å². The Labute approximate surface area is 119 Å². The zero-order chi connectivity index (χ0) is 14.2. The van der Waals surface area contributed by atoms with E-state index in [0.717, 1.165) is 30.1 Å². The van der Waals surface area contributed by atoms with Crippen LogP contribution in [0.3, 0.4) is 0 Å². The molecule has 2 rings (SSSR count). The van der Waals surface area contributed by atoms with Gasteiger partial charge in [0.05, 0.1) is 33.4 Å². The molecule has 108 valence electrons. The molecule has 0 bridgehead atoms. The molecule has 0 saturated carbocycles. The van der Waals surface area contributed by atoms with Crippen LogP contribution in [-0.4, -0.2) is 32.8 Å². The maximum Gasteiger partial charge on any atom is 0.267 e. The van der Waals surface area contributed by atoms with Crippen molar-refractivity contribution in [2.24, 2.45) is 5.10 Å². The van der Waals surface area contributed by atoms with Crippen molar-refractivity contribution >= 4 is 12.1 Å². The van der Waals surface area contributed by atoms with Crippen molar-refractivity contribution in [1.29, 1.82) is 0 Å². The number of amidine groups is 1. The van der Waals surface area contributed by atoms with E-state index in [0.29, 0.717) is 5.75 Å². The number of nitrogens with one attached hydrogen (secondary N) is 2. The van der Waals surface area contributed by atoms with Gasteiger partial charge in [0, 0.05) is 5.56 Å². The van der Waals surface area contributed by atoms with Crippen molar-refractivity contribution in [3.8, 4) is 11.5 Å². The number of rotatable bonds is 4. The van der Waals surface area contributed by atoms with Gasteiger partial charge in [-0.3, -0.25) is 4.99 Å². The lowest BCUT2D eigenvalue weighted by Gasteiger charge is -2.07. The number of hydrazone groups is 1. The highest BCUT2D eigenvalue weighted by Gasteiger charge is 2.08. The molecule has 0 fully saturated rings. The summed E-state index contributed by atoms with van der Waals surface area (Å²) in [6.07, 6.45) is 6.52. The molecule has 0 unspecified atom stereocenters. The van der Waals surface area contributed by atoms with Crippen LogP contribution in [0.1, 0.15) is 31.2 Å². The highest BCUT2D eigenvalue weighted by molar-refractivity contribution is 5.83. The first kappa shape index (κ1) is 14.4. The van der Waals surface area contributed by atoms with Gasteiger partial charge in [0.2, 0.25) is 0 Å². The molecule has 0 saturated heterocycles. The fourth-order valence-corrected chi connectivity index (χ4v) is 2.14. The Morgan fingerprint density at radius 2 is 2.00 bits per heavy atom. The monoisotopic (exact) mass is 276 g/mol. The molecule has 0 aromatic heterocycles. The number of hydrogen-bond acceptors (Lipinski definition) is 4. The topological polar surface area (TPSA) is 56.8 Å². The predicted molar refractivity (Wildman–Crippen MR) is 79.6 cm³/mol. The predicted octanol–water partition coefficient (Wildman–Crippen LogP) is 0.680. The zero-order valence-corrected chi connectivity index (χ0v) is 12.1. The third kappa shape index (κ3) is 3.98. The molecule has 1 aliphatic rings. The molecule has 5 nitrogen and oxygen atoms in total. The second kappa shape index (κ2) is 7.53. The van der Waals surface area contributed by atoms with Gasteiger partial charge in [0.15, 0.2) is 11.5 Å². The Bertz CT molecular complexity index is 498. The van der Waals surface area contributed by atoms with Crippen molar-refractivity contribution < 1.29 is 14.5 Å². The first-order valence-corrected chi connectivity index (χ1v) is 6.94. The summed E-state index contributed by atoms with van der Waals surface area (Å²) in [5.41, 5.74) is 4.04. The van der Waals surface area contributed by atoms with Gasteiger partial charge in [-0.2, -0.15) is 5.43 Å². The fraction of sp³-hybridized carbons (Fsp3) is 0.467. The number of nitrogens with zero attached hydrogens (tertiary/aromatic N) is 1. The van der Waals surface area contributed by atoms with E-state index in [4.69, 9.17) is 9.47 Å². The third-order valence-corrected chi connectivity index (χ3v) is 3.26. The van der Waals surface area contributed by atoms with E-state index in [2.05, 4.69) is 15.5 Å². The Kier molecular flexibility index (Phi) is 5.41. The van der Waals surface area contributed by atoms with E-state index in [1.807, 2.05) is 18.2 Å². The lowest BCUT2D eigenvalue weighted by molar-refractivity contribution is -0.459. The lowest BCUT2D eigenvalue weighted by Crippen LogP contribution is -2.75. The quantitative estimate of drug-likeness (QED) is 0.628. The fourth-order valence-electron chi connectivity index (χ4n) is 2.14. The number of benzene rings is 1. The summed E-state index contributed by atoms with van der Waals surface area (Å²) >= 11 is 0. The van der Waals surface area contributed by atoms with Crippen LogP contribution < -0.4 is 19.9 Å². The van der Waals surface area contributed by atoms with Gasteiger partial charge in [-0.05, 0) is 37.5 Å². The SMILES string of the molecule is COc1ccc(/C=N\NC2=[NH+]CCCCC2)cc1OC. The first-order valence-electron chi connectivity index (χ1n) is 6.94. The first-order chi connectivity index (χ1) is 9.83. The van der Waals surface area contributed by atoms with Crippen LogP contribution in [0.25, 0.3) is 0 Å². The standard InChI is InChI=1S/C15H21N3O2/c1-19-13-8-7-12(10-14(13)20-2)11-17-18-15-6-4-3-5-9-16-15/h7-8,10-11H,3-6,9H2,1-2H3,(H,16,18)/p+1/b17-11-. The van der Waals surface area contributed by atoms with Crippen LogP contribution in [0, 0.1) is 0 Å². The Balaban J connectivity index is 1.98. The van der Waals surface area contributed by atoms with E-state index in [9.17, 15) is 0 Å². The molecular weight excluding hydrogens is 254 g/mol. The minimum absolute atomic E-state index is 0.705. The summed E-state index contributed by atoms with van der Waals surface area (Å²) < 4.78 is 10.5. The summed E-state index contributed by atoms with van der Waals surface area (Å²) in [7, 11) is 3.25. The van der Waals surface area contributed by atoms with E-state index < -0.39 is 0 Å². The lowest BCUT2D eigenvalue weighted by atomic mass is 10.2. The van der Waals surface area contributed by atoms with E-state index in [1.165, 1.54) is 19.3 Å². The van der Waals surface area contributed by atoms with Gasteiger partial charge in [-0.15, -0.1) is 0 Å². The van der Waals surface area contributed by atoms with Gasteiger partial charge in [-0.25, -0.2) is 0 Å². The highest BCUT2D eigenvalue weighted by Crippen LogP contribution is 2.26. The van der Waals surface area contributed by atoms with Crippen LogP contribution >= 0.6 is 0 Å². The molecule has 1 heterocycles. The average molecular weight is 276 g/mol. The van der Waals surface area contributed by atoms with Gasteiger partial charge in [-0.1, -0.05) is 5.10 Å². The second-order valence-electron chi connectivity index (χ2n) is 4.70. The molecule has 0 radical (unpaired) electrons. The van der Waals surface area contributed by atoms with E-state index in [1.54, 1.807) is 20.4 Å².